The van der Waals surface area contributed by atoms with Crippen LogP contribution in [0.4, 0.5) is 18.3 Å². The highest BCUT2D eigenvalue weighted by Gasteiger charge is 2.33. The van der Waals surface area contributed by atoms with E-state index >= 15 is 0 Å². The minimum Gasteiger partial charge on any atom is -0.385 e. The fraction of sp³-hybridized carbons (Fsp3) is 0.727. The molecule has 0 fully saturated rings. The van der Waals surface area contributed by atoms with Gasteiger partial charge in [-0.05, 0) is 11.8 Å². The number of hydrogen-bond donors (Lipinski definition) is 1. The molecular formula is C11H17F3N2OS. The molecule has 1 aromatic rings. The Hall–Kier alpha value is -0.820. The number of nitrogens with zero attached hydrogens (tertiary/aromatic N) is 1. The van der Waals surface area contributed by atoms with Gasteiger partial charge in [0.1, 0.15) is 0 Å². The van der Waals surface area contributed by atoms with Crippen LogP contribution in [0.15, 0.2) is 5.38 Å². The first-order valence-electron chi connectivity index (χ1n) is 5.50. The van der Waals surface area contributed by atoms with E-state index in [2.05, 4.69) is 10.3 Å². The summed E-state index contributed by atoms with van der Waals surface area (Å²) in [4.78, 5) is 3.52. The number of halogens is 3. The molecule has 3 nitrogen and oxygen atoms in total. The van der Waals surface area contributed by atoms with Gasteiger partial charge >= 0.3 is 6.18 Å². The molecule has 18 heavy (non-hydrogen) atoms. The molecule has 104 valence electrons. The van der Waals surface area contributed by atoms with Crippen LogP contribution in [0.5, 0.6) is 0 Å². The summed E-state index contributed by atoms with van der Waals surface area (Å²) in [5.41, 5.74) is -0.898. The number of thiazole rings is 1. The first kappa shape index (κ1) is 15.2. The van der Waals surface area contributed by atoms with Crippen LogP contribution in [-0.4, -0.2) is 25.2 Å². The second kappa shape index (κ2) is 5.88. The standard InChI is InChI=1S/C11H17F3N2OS/c1-10(2,4-5-17-3)7-15-9-16-8(6-18-9)11(12,13)14/h6H,4-5,7H2,1-3H3,(H,15,16). The first-order valence-corrected chi connectivity index (χ1v) is 6.38. The molecule has 0 saturated heterocycles. The zero-order chi connectivity index (χ0) is 13.8. The maximum absolute atomic E-state index is 12.3. The van der Waals surface area contributed by atoms with Gasteiger partial charge < -0.3 is 10.1 Å². The lowest BCUT2D eigenvalue weighted by Gasteiger charge is -2.24. The minimum atomic E-state index is -4.37. The summed E-state index contributed by atoms with van der Waals surface area (Å²) >= 11 is 0.967. The predicted molar refractivity (Wildman–Crippen MR) is 65.9 cm³/mol. The Bertz CT molecular complexity index is 377. The molecule has 0 bridgehead atoms. The molecule has 0 spiro atoms. The van der Waals surface area contributed by atoms with Gasteiger partial charge in [-0.1, -0.05) is 13.8 Å². The van der Waals surface area contributed by atoms with Crippen molar-refractivity contribution >= 4 is 16.5 Å². The van der Waals surface area contributed by atoms with Crippen LogP contribution in [0.1, 0.15) is 26.0 Å². The molecule has 1 aromatic heterocycles. The molecule has 0 aliphatic heterocycles. The second-order valence-corrected chi connectivity index (χ2v) is 5.65. The molecule has 0 atom stereocenters. The normalized spacial score (nSPS) is 12.8. The average molecular weight is 282 g/mol. The van der Waals surface area contributed by atoms with Crippen LogP contribution in [0.25, 0.3) is 0 Å². The van der Waals surface area contributed by atoms with Crippen molar-refractivity contribution in [2.45, 2.75) is 26.4 Å². The number of ether oxygens (including phenoxy) is 1. The van der Waals surface area contributed by atoms with Crippen LogP contribution in [0, 0.1) is 5.41 Å². The van der Waals surface area contributed by atoms with Gasteiger partial charge in [0.2, 0.25) is 0 Å². The molecule has 0 aromatic carbocycles. The molecule has 0 saturated carbocycles. The van der Waals surface area contributed by atoms with Crippen LogP contribution < -0.4 is 5.32 Å². The molecule has 0 aliphatic rings. The number of rotatable bonds is 6. The van der Waals surface area contributed by atoms with E-state index in [4.69, 9.17) is 4.74 Å². The van der Waals surface area contributed by atoms with Crippen molar-refractivity contribution < 1.29 is 17.9 Å². The number of aromatic nitrogens is 1. The Balaban J connectivity index is 2.51. The van der Waals surface area contributed by atoms with Gasteiger partial charge in [-0.3, -0.25) is 0 Å². The smallest absolute Gasteiger partial charge is 0.385 e. The van der Waals surface area contributed by atoms with E-state index in [1.54, 1.807) is 7.11 Å². The Kier molecular flexibility index (Phi) is 4.98. The zero-order valence-electron chi connectivity index (χ0n) is 10.6. The van der Waals surface area contributed by atoms with Gasteiger partial charge in [-0.2, -0.15) is 13.2 Å². The maximum Gasteiger partial charge on any atom is 0.434 e. The third-order valence-electron chi connectivity index (χ3n) is 2.50. The van der Waals surface area contributed by atoms with Crippen molar-refractivity contribution in [3.8, 4) is 0 Å². The zero-order valence-corrected chi connectivity index (χ0v) is 11.4. The van der Waals surface area contributed by atoms with E-state index < -0.39 is 11.9 Å². The van der Waals surface area contributed by atoms with E-state index in [-0.39, 0.29) is 5.41 Å². The summed E-state index contributed by atoms with van der Waals surface area (Å²) in [6.45, 7) is 5.23. The van der Waals surface area contributed by atoms with Gasteiger partial charge in [-0.15, -0.1) is 11.3 Å². The Morgan fingerprint density at radius 1 is 1.39 bits per heavy atom. The van der Waals surface area contributed by atoms with Crippen molar-refractivity contribution in [1.82, 2.24) is 4.98 Å². The van der Waals surface area contributed by atoms with E-state index in [1.165, 1.54) is 0 Å². The fourth-order valence-electron chi connectivity index (χ4n) is 1.27. The molecule has 1 N–H and O–H groups in total. The molecule has 7 heteroatoms. The Morgan fingerprint density at radius 3 is 2.56 bits per heavy atom. The van der Waals surface area contributed by atoms with Gasteiger partial charge in [0, 0.05) is 25.6 Å². The number of anilines is 1. The summed E-state index contributed by atoms with van der Waals surface area (Å²) in [5.74, 6) is 0. The lowest BCUT2D eigenvalue weighted by molar-refractivity contribution is -0.140. The maximum atomic E-state index is 12.3. The average Bonchev–Trinajstić information content (AvgIpc) is 2.72. The van der Waals surface area contributed by atoms with Crippen molar-refractivity contribution in [3.63, 3.8) is 0 Å². The largest absolute Gasteiger partial charge is 0.434 e. The van der Waals surface area contributed by atoms with Gasteiger partial charge in [0.15, 0.2) is 10.8 Å². The molecular weight excluding hydrogens is 265 g/mol. The van der Waals surface area contributed by atoms with E-state index in [0.29, 0.717) is 18.3 Å². The molecule has 0 radical (unpaired) electrons. The second-order valence-electron chi connectivity index (χ2n) is 4.80. The topological polar surface area (TPSA) is 34.1 Å². The van der Waals surface area contributed by atoms with Crippen LogP contribution in [-0.2, 0) is 10.9 Å². The number of methoxy groups -OCH3 is 1. The summed E-state index contributed by atoms with van der Waals surface area (Å²) < 4.78 is 42.0. The van der Waals surface area contributed by atoms with E-state index in [0.717, 1.165) is 23.1 Å². The lowest BCUT2D eigenvalue weighted by Crippen LogP contribution is -2.24. The van der Waals surface area contributed by atoms with Crippen LogP contribution in [0.2, 0.25) is 0 Å². The molecule has 1 heterocycles. The molecule has 1 rings (SSSR count). The highest BCUT2D eigenvalue weighted by atomic mass is 32.1. The Labute approximate surface area is 108 Å². The van der Waals surface area contributed by atoms with Crippen molar-refractivity contribution in [1.29, 1.82) is 0 Å². The summed E-state index contributed by atoms with van der Waals surface area (Å²) in [6.07, 6.45) is -3.55. The summed E-state index contributed by atoms with van der Waals surface area (Å²) in [7, 11) is 1.62. The van der Waals surface area contributed by atoms with Crippen LogP contribution >= 0.6 is 11.3 Å². The molecule has 0 aliphatic carbocycles. The lowest BCUT2D eigenvalue weighted by atomic mass is 9.90. The summed E-state index contributed by atoms with van der Waals surface area (Å²) in [5, 5.41) is 4.26. The molecule has 0 amide bonds. The molecule has 0 unspecified atom stereocenters. The van der Waals surface area contributed by atoms with E-state index in [9.17, 15) is 13.2 Å². The number of nitrogens with one attached hydrogen (secondary N) is 1. The minimum absolute atomic E-state index is 0.0555. The third-order valence-corrected chi connectivity index (χ3v) is 3.30. The van der Waals surface area contributed by atoms with Crippen LogP contribution in [0.3, 0.4) is 0 Å². The number of hydrogen-bond acceptors (Lipinski definition) is 4. The SMILES string of the molecule is COCCC(C)(C)CNc1nc(C(F)(F)F)cs1. The van der Waals surface area contributed by atoms with Gasteiger partial charge in [-0.25, -0.2) is 4.98 Å². The van der Waals surface area contributed by atoms with Crippen molar-refractivity contribution in [2.24, 2.45) is 5.41 Å². The van der Waals surface area contributed by atoms with Crippen molar-refractivity contribution in [2.75, 3.05) is 25.6 Å². The summed E-state index contributed by atoms with van der Waals surface area (Å²) in [6, 6.07) is 0. The fourth-order valence-corrected chi connectivity index (χ4v) is 1.98. The van der Waals surface area contributed by atoms with Gasteiger partial charge in [0.05, 0.1) is 0 Å². The van der Waals surface area contributed by atoms with Crippen molar-refractivity contribution in [3.05, 3.63) is 11.1 Å². The monoisotopic (exact) mass is 282 g/mol. The highest BCUT2D eigenvalue weighted by molar-refractivity contribution is 7.13. The Morgan fingerprint density at radius 2 is 2.06 bits per heavy atom. The first-order chi connectivity index (χ1) is 8.24. The number of alkyl halides is 3. The third kappa shape index (κ3) is 4.81. The quantitative estimate of drug-likeness (QED) is 0.865. The highest BCUT2D eigenvalue weighted by Crippen LogP contribution is 2.32. The predicted octanol–water partition coefficient (Wildman–Crippen LogP) is 3.64. The van der Waals surface area contributed by atoms with E-state index in [1.807, 2.05) is 13.8 Å². The van der Waals surface area contributed by atoms with Gasteiger partial charge in [0.25, 0.3) is 0 Å².